The van der Waals surface area contributed by atoms with Crippen molar-refractivity contribution in [1.82, 2.24) is 5.16 Å². The number of anilines is 1. The first-order chi connectivity index (χ1) is 11.1. The summed E-state index contributed by atoms with van der Waals surface area (Å²) in [6.45, 7) is 4.76. The number of aryl methyl sites for hydroxylation is 2. The number of fused-ring (bicyclic) bond motifs is 1. The zero-order valence-electron chi connectivity index (χ0n) is 12.9. The first-order valence-electron chi connectivity index (χ1n) is 7.45. The molecule has 0 saturated heterocycles. The predicted octanol–water partition coefficient (Wildman–Crippen LogP) is 3.61. The minimum absolute atomic E-state index is 0.308. The highest BCUT2D eigenvalue weighted by Gasteiger charge is 2.21. The van der Waals surface area contributed by atoms with Gasteiger partial charge in [-0.2, -0.15) is 0 Å². The smallest absolute Gasteiger partial charge is 0.261 e. The molecule has 0 aliphatic carbocycles. The molecule has 0 radical (unpaired) electrons. The van der Waals surface area contributed by atoms with Crippen LogP contribution in [0.4, 0.5) is 5.69 Å². The lowest BCUT2D eigenvalue weighted by Crippen LogP contribution is -2.14. The highest BCUT2D eigenvalue weighted by atomic mass is 35.5. The molecule has 0 atom stereocenters. The maximum Gasteiger partial charge on any atom is 0.261 e. The van der Waals surface area contributed by atoms with Gasteiger partial charge in [0, 0.05) is 18.6 Å². The number of ether oxygens (including phenoxy) is 2. The van der Waals surface area contributed by atoms with Crippen molar-refractivity contribution in [2.45, 2.75) is 26.7 Å². The third-order valence-electron chi connectivity index (χ3n) is 3.58. The van der Waals surface area contributed by atoms with Gasteiger partial charge in [-0.3, -0.25) is 4.79 Å². The van der Waals surface area contributed by atoms with Crippen LogP contribution in [0.15, 0.2) is 16.7 Å². The number of hydrogen-bond acceptors (Lipinski definition) is 5. The largest absolute Gasteiger partial charge is 0.490 e. The van der Waals surface area contributed by atoms with E-state index in [1.54, 1.807) is 19.1 Å². The number of nitrogens with zero attached hydrogens (tertiary/aromatic N) is 1. The summed E-state index contributed by atoms with van der Waals surface area (Å²) in [6.07, 6.45) is 1.41. The fourth-order valence-corrected chi connectivity index (χ4v) is 2.62. The van der Waals surface area contributed by atoms with Crippen LogP contribution in [0.2, 0.25) is 5.02 Å². The van der Waals surface area contributed by atoms with E-state index in [4.69, 9.17) is 25.6 Å². The fraction of sp³-hybridized carbons (Fsp3) is 0.375. The number of carbonyl (C=O) groups excluding carboxylic acids is 1. The van der Waals surface area contributed by atoms with E-state index < -0.39 is 0 Å². The second kappa shape index (κ2) is 6.50. The minimum atomic E-state index is -0.308. The van der Waals surface area contributed by atoms with Gasteiger partial charge in [-0.25, -0.2) is 0 Å². The Balaban J connectivity index is 1.89. The summed E-state index contributed by atoms with van der Waals surface area (Å²) in [7, 11) is 0. The van der Waals surface area contributed by atoms with Crippen molar-refractivity contribution < 1.29 is 18.8 Å². The van der Waals surface area contributed by atoms with Gasteiger partial charge in [0.25, 0.3) is 5.91 Å². The van der Waals surface area contributed by atoms with Crippen LogP contribution in [0.1, 0.15) is 35.2 Å². The number of aromatic nitrogens is 1. The SMILES string of the molecule is CCc1noc(C)c1C(=O)Nc1cc2c(cc1Cl)OCCCO2. The van der Waals surface area contributed by atoms with Crippen molar-refractivity contribution in [2.24, 2.45) is 0 Å². The van der Waals surface area contributed by atoms with Crippen molar-refractivity contribution in [1.29, 1.82) is 0 Å². The highest BCUT2D eigenvalue weighted by molar-refractivity contribution is 6.34. The molecule has 0 saturated carbocycles. The second-order valence-electron chi connectivity index (χ2n) is 5.20. The predicted molar refractivity (Wildman–Crippen MR) is 85.6 cm³/mol. The normalized spacial score (nSPS) is 13.5. The van der Waals surface area contributed by atoms with Crippen LogP contribution in [0.3, 0.4) is 0 Å². The maximum absolute atomic E-state index is 12.5. The summed E-state index contributed by atoms with van der Waals surface area (Å²) in [5.41, 5.74) is 1.52. The van der Waals surface area contributed by atoms with Crippen LogP contribution in [0, 0.1) is 6.92 Å². The van der Waals surface area contributed by atoms with E-state index in [1.165, 1.54) is 0 Å². The fourth-order valence-electron chi connectivity index (χ4n) is 2.41. The number of carbonyl (C=O) groups is 1. The zero-order valence-corrected chi connectivity index (χ0v) is 13.7. The van der Waals surface area contributed by atoms with Gasteiger partial charge in [-0.1, -0.05) is 23.7 Å². The monoisotopic (exact) mass is 336 g/mol. The lowest BCUT2D eigenvalue weighted by Gasteiger charge is -2.12. The molecule has 1 aliphatic heterocycles. The molecule has 2 heterocycles. The van der Waals surface area contributed by atoms with Crippen LogP contribution in [-0.4, -0.2) is 24.3 Å². The van der Waals surface area contributed by atoms with Gasteiger partial charge in [0.05, 0.1) is 29.6 Å². The molecule has 3 rings (SSSR count). The average Bonchev–Trinajstić information content (AvgIpc) is 2.76. The van der Waals surface area contributed by atoms with Gasteiger partial charge < -0.3 is 19.3 Å². The average molecular weight is 337 g/mol. The molecule has 23 heavy (non-hydrogen) atoms. The molecule has 1 amide bonds. The lowest BCUT2D eigenvalue weighted by molar-refractivity contribution is 0.102. The molecule has 1 aromatic carbocycles. The first kappa shape index (κ1) is 15.7. The summed E-state index contributed by atoms with van der Waals surface area (Å²) in [5, 5.41) is 7.06. The van der Waals surface area contributed by atoms with E-state index in [9.17, 15) is 4.79 Å². The number of hydrogen-bond donors (Lipinski definition) is 1. The molecular formula is C16H17ClN2O4. The summed E-state index contributed by atoms with van der Waals surface area (Å²) < 4.78 is 16.3. The summed E-state index contributed by atoms with van der Waals surface area (Å²) in [6, 6.07) is 3.33. The van der Waals surface area contributed by atoms with E-state index in [0.717, 1.165) is 6.42 Å². The van der Waals surface area contributed by atoms with Gasteiger partial charge >= 0.3 is 0 Å². The Labute approximate surface area is 138 Å². The third kappa shape index (κ3) is 3.12. The van der Waals surface area contributed by atoms with E-state index in [1.807, 2.05) is 6.92 Å². The maximum atomic E-state index is 12.5. The van der Waals surface area contributed by atoms with Crippen LogP contribution in [0.25, 0.3) is 0 Å². The molecule has 0 spiro atoms. The van der Waals surface area contributed by atoms with E-state index in [2.05, 4.69) is 10.5 Å². The Bertz CT molecular complexity index is 742. The topological polar surface area (TPSA) is 73.6 Å². The van der Waals surface area contributed by atoms with Crippen molar-refractivity contribution >= 4 is 23.2 Å². The van der Waals surface area contributed by atoms with E-state index in [-0.39, 0.29) is 5.91 Å². The van der Waals surface area contributed by atoms with Gasteiger partial charge in [0.15, 0.2) is 11.5 Å². The molecule has 1 aromatic heterocycles. The first-order valence-corrected chi connectivity index (χ1v) is 7.83. The van der Waals surface area contributed by atoms with Crippen molar-refractivity contribution in [3.63, 3.8) is 0 Å². The van der Waals surface area contributed by atoms with Gasteiger partial charge in [0.2, 0.25) is 0 Å². The molecule has 0 fully saturated rings. The van der Waals surface area contributed by atoms with Crippen LogP contribution < -0.4 is 14.8 Å². The van der Waals surface area contributed by atoms with Crippen molar-refractivity contribution in [3.8, 4) is 11.5 Å². The molecule has 1 aliphatic rings. The van der Waals surface area contributed by atoms with Gasteiger partial charge in [-0.15, -0.1) is 0 Å². The van der Waals surface area contributed by atoms with Crippen LogP contribution >= 0.6 is 11.6 Å². The van der Waals surface area contributed by atoms with E-state index >= 15 is 0 Å². The molecule has 2 aromatic rings. The Morgan fingerprint density at radius 1 is 1.30 bits per heavy atom. The van der Waals surface area contributed by atoms with Gasteiger partial charge in [-0.05, 0) is 13.3 Å². The third-order valence-corrected chi connectivity index (χ3v) is 3.89. The molecule has 122 valence electrons. The van der Waals surface area contributed by atoms with Crippen molar-refractivity contribution in [3.05, 3.63) is 34.2 Å². The standard InChI is InChI=1S/C16H17ClN2O4/c1-3-11-15(9(2)23-19-11)16(20)18-12-8-14-13(7-10(12)17)21-5-4-6-22-14/h7-8H,3-6H2,1-2H3,(H,18,20). The Kier molecular flexibility index (Phi) is 4.43. The molecule has 0 unspecified atom stereocenters. The summed E-state index contributed by atoms with van der Waals surface area (Å²) >= 11 is 6.24. The van der Waals surface area contributed by atoms with Gasteiger partial charge in [0.1, 0.15) is 11.3 Å². The number of rotatable bonds is 3. The highest BCUT2D eigenvalue weighted by Crippen LogP contribution is 2.38. The Hall–Kier alpha value is -2.21. The number of amides is 1. The number of nitrogens with one attached hydrogen (secondary N) is 1. The van der Waals surface area contributed by atoms with Crippen LogP contribution in [0.5, 0.6) is 11.5 Å². The molecular weight excluding hydrogens is 320 g/mol. The molecule has 1 N–H and O–H groups in total. The summed E-state index contributed by atoms with van der Waals surface area (Å²) in [4.78, 5) is 12.5. The molecule has 7 heteroatoms. The lowest BCUT2D eigenvalue weighted by atomic mass is 10.1. The molecule has 6 nitrogen and oxygen atoms in total. The Morgan fingerprint density at radius 2 is 2.00 bits per heavy atom. The number of benzene rings is 1. The minimum Gasteiger partial charge on any atom is -0.490 e. The Morgan fingerprint density at radius 3 is 2.70 bits per heavy atom. The van der Waals surface area contributed by atoms with E-state index in [0.29, 0.717) is 58.9 Å². The number of halogens is 1. The second-order valence-corrected chi connectivity index (χ2v) is 5.60. The van der Waals surface area contributed by atoms with Crippen LogP contribution in [-0.2, 0) is 6.42 Å². The van der Waals surface area contributed by atoms with Crippen molar-refractivity contribution in [2.75, 3.05) is 18.5 Å². The molecule has 0 bridgehead atoms. The zero-order chi connectivity index (χ0) is 16.4. The quantitative estimate of drug-likeness (QED) is 0.926. The summed E-state index contributed by atoms with van der Waals surface area (Å²) in [5.74, 6) is 1.32.